The minimum atomic E-state index is -4.40. The molecule has 0 bridgehead atoms. The van der Waals surface area contributed by atoms with Crippen molar-refractivity contribution < 1.29 is 69.5 Å². The maximum absolute atomic E-state index is 11.2. The minimum Gasteiger partial charge on any atom is -0.748 e. The zero-order valence-electron chi connectivity index (χ0n) is 14.0. The van der Waals surface area contributed by atoms with E-state index in [1.807, 2.05) is 6.92 Å². The maximum Gasteiger partial charge on any atom is 1.00 e. The van der Waals surface area contributed by atoms with Gasteiger partial charge in [-0.15, -0.1) is 0 Å². The molecule has 2 atom stereocenters. The summed E-state index contributed by atoms with van der Waals surface area (Å²) < 4.78 is 33.7. The van der Waals surface area contributed by atoms with Gasteiger partial charge in [0.1, 0.15) is 10.1 Å². The Kier molecular flexibility index (Phi) is 17.8. The minimum absolute atomic E-state index is 0. The third-order valence-corrected chi connectivity index (χ3v) is 5.04. The Balaban J connectivity index is 0. The summed E-state index contributed by atoms with van der Waals surface area (Å²) in [6.07, 6.45) is 8.78. The van der Waals surface area contributed by atoms with Crippen molar-refractivity contribution in [3.63, 3.8) is 0 Å². The summed E-state index contributed by atoms with van der Waals surface area (Å²) in [7, 11) is -4.40. The van der Waals surface area contributed by atoms with Gasteiger partial charge in [0.2, 0.25) is 0 Å². The molecule has 0 rings (SSSR count). The van der Waals surface area contributed by atoms with Gasteiger partial charge >= 0.3 is 51.4 Å². The largest absolute Gasteiger partial charge is 1.00 e. The van der Waals surface area contributed by atoms with Crippen LogP contribution in [0.2, 0.25) is 0 Å². The van der Waals surface area contributed by atoms with Gasteiger partial charge in [0.15, 0.2) is 0 Å². The standard InChI is InChI=1S/C15H32O4S.K/c1-3-5-7-8-9-11-12-14(16)15(20(17,18)19)13-10-6-4-2;/h14-16H,3-13H2,1-2H3,(H,17,18,19);/q;+1/p-1. The molecule has 0 saturated carbocycles. The van der Waals surface area contributed by atoms with E-state index in [0.717, 1.165) is 32.1 Å². The van der Waals surface area contributed by atoms with Crippen molar-refractivity contribution in [1.29, 1.82) is 0 Å². The summed E-state index contributed by atoms with van der Waals surface area (Å²) in [6.45, 7) is 4.18. The molecule has 0 radical (unpaired) electrons. The Morgan fingerprint density at radius 2 is 1.29 bits per heavy atom. The molecule has 4 nitrogen and oxygen atoms in total. The van der Waals surface area contributed by atoms with Crippen LogP contribution in [0.1, 0.15) is 84.5 Å². The molecule has 0 spiro atoms. The molecule has 0 aromatic carbocycles. The number of rotatable bonds is 13. The van der Waals surface area contributed by atoms with Crippen molar-refractivity contribution in [2.75, 3.05) is 0 Å². The van der Waals surface area contributed by atoms with Gasteiger partial charge < -0.3 is 9.66 Å². The zero-order valence-corrected chi connectivity index (χ0v) is 18.0. The Morgan fingerprint density at radius 1 is 0.857 bits per heavy atom. The first kappa shape index (κ1) is 24.8. The van der Waals surface area contributed by atoms with Crippen LogP contribution in [0.15, 0.2) is 0 Å². The summed E-state index contributed by atoms with van der Waals surface area (Å²) in [5.41, 5.74) is 0. The van der Waals surface area contributed by atoms with Crippen LogP contribution in [0.25, 0.3) is 0 Å². The van der Waals surface area contributed by atoms with Crippen LogP contribution >= 0.6 is 0 Å². The summed E-state index contributed by atoms with van der Waals surface area (Å²) in [5, 5.41) is 8.85. The van der Waals surface area contributed by atoms with E-state index in [2.05, 4.69) is 6.92 Å². The molecule has 2 unspecified atom stereocenters. The smallest absolute Gasteiger partial charge is 0.748 e. The summed E-state index contributed by atoms with van der Waals surface area (Å²) in [6, 6.07) is 0. The summed E-state index contributed by atoms with van der Waals surface area (Å²) in [5.74, 6) is 0. The van der Waals surface area contributed by atoms with Gasteiger partial charge in [-0.3, -0.25) is 0 Å². The molecule has 0 aromatic rings. The van der Waals surface area contributed by atoms with E-state index in [1.165, 1.54) is 19.3 Å². The van der Waals surface area contributed by atoms with Gasteiger partial charge in [-0.05, 0) is 12.8 Å². The average molecular weight is 347 g/mol. The number of aliphatic hydroxyl groups is 1. The third kappa shape index (κ3) is 13.6. The van der Waals surface area contributed by atoms with Gasteiger partial charge in [-0.25, -0.2) is 8.42 Å². The van der Waals surface area contributed by atoms with Crippen LogP contribution in [0.4, 0.5) is 0 Å². The van der Waals surface area contributed by atoms with E-state index >= 15 is 0 Å². The summed E-state index contributed by atoms with van der Waals surface area (Å²) in [4.78, 5) is 0. The van der Waals surface area contributed by atoms with Crippen molar-refractivity contribution in [2.24, 2.45) is 0 Å². The molecule has 0 aliphatic heterocycles. The molecule has 0 saturated heterocycles. The molecule has 122 valence electrons. The van der Waals surface area contributed by atoms with Crippen LogP contribution < -0.4 is 51.4 Å². The molecular weight excluding hydrogens is 315 g/mol. The zero-order chi connectivity index (χ0) is 15.4. The molecule has 0 heterocycles. The molecule has 0 aliphatic rings. The van der Waals surface area contributed by atoms with Crippen molar-refractivity contribution in [2.45, 2.75) is 95.8 Å². The van der Waals surface area contributed by atoms with E-state index in [4.69, 9.17) is 0 Å². The predicted octanol–water partition coefficient (Wildman–Crippen LogP) is 0.596. The first-order chi connectivity index (χ1) is 9.43. The molecule has 1 N–H and O–H groups in total. The number of hydrogen-bond acceptors (Lipinski definition) is 4. The van der Waals surface area contributed by atoms with Crippen molar-refractivity contribution in [1.82, 2.24) is 0 Å². The Morgan fingerprint density at radius 3 is 1.81 bits per heavy atom. The Labute approximate surface area is 173 Å². The van der Waals surface area contributed by atoms with Gasteiger partial charge in [0, 0.05) is 0 Å². The predicted molar refractivity (Wildman–Crippen MR) is 81.6 cm³/mol. The normalized spacial score (nSPS) is 14.5. The third-order valence-electron chi connectivity index (χ3n) is 3.75. The topological polar surface area (TPSA) is 77.4 Å². The number of unbranched alkanes of at least 4 members (excludes halogenated alkanes) is 7. The van der Waals surface area contributed by atoms with Gasteiger partial charge in [-0.2, -0.15) is 0 Å². The van der Waals surface area contributed by atoms with Crippen molar-refractivity contribution >= 4 is 10.1 Å². The van der Waals surface area contributed by atoms with Gasteiger partial charge in [0.25, 0.3) is 0 Å². The molecule has 21 heavy (non-hydrogen) atoms. The SMILES string of the molecule is CCCCCCCCC(O)C(CCCCC)S(=O)(=O)[O-].[K+]. The van der Waals surface area contributed by atoms with Crippen LogP contribution in [-0.4, -0.2) is 29.4 Å². The summed E-state index contributed by atoms with van der Waals surface area (Å²) >= 11 is 0. The fraction of sp³-hybridized carbons (Fsp3) is 1.00. The van der Waals surface area contributed by atoms with E-state index in [9.17, 15) is 18.1 Å². The van der Waals surface area contributed by atoms with E-state index in [0.29, 0.717) is 12.8 Å². The fourth-order valence-corrected chi connectivity index (χ4v) is 3.42. The molecule has 0 aliphatic carbocycles. The van der Waals surface area contributed by atoms with Gasteiger partial charge in [-0.1, -0.05) is 71.6 Å². The van der Waals surface area contributed by atoms with E-state index < -0.39 is 21.5 Å². The van der Waals surface area contributed by atoms with E-state index in [1.54, 1.807) is 0 Å². The fourth-order valence-electron chi connectivity index (χ4n) is 2.44. The molecule has 6 heteroatoms. The van der Waals surface area contributed by atoms with Gasteiger partial charge in [0.05, 0.1) is 11.4 Å². The Bertz CT molecular complexity index is 320. The average Bonchev–Trinajstić information content (AvgIpc) is 2.37. The molecule has 0 amide bonds. The quantitative estimate of drug-likeness (QED) is 0.301. The molecule has 0 fully saturated rings. The van der Waals surface area contributed by atoms with Crippen LogP contribution in [-0.2, 0) is 10.1 Å². The second kappa shape index (κ2) is 15.1. The number of hydrogen-bond donors (Lipinski definition) is 1. The van der Waals surface area contributed by atoms with Crippen LogP contribution in [0.3, 0.4) is 0 Å². The molecule has 0 aromatic heterocycles. The second-order valence-electron chi connectivity index (χ2n) is 5.65. The number of aliphatic hydroxyl groups excluding tert-OH is 1. The first-order valence-corrected chi connectivity index (χ1v) is 9.53. The Hall–Kier alpha value is 1.51. The second-order valence-corrected chi connectivity index (χ2v) is 7.24. The van der Waals surface area contributed by atoms with Crippen molar-refractivity contribution in [3.05, 3.63) is 0 Å². The first-order valence-electron chi connectivity index (χ1n) is 8.06. The van der Waals surface area contributed by atoms with E-state index in [-0.39, 0.29) is 57.8 Å². The monoisotopic (exact) mass is 346 g/mol. The van der Waals surface area contributed by atoms with Crippen molar-refractivity contribution in [3.8, 4) is 0 Å². The van der Waals surface area contributed by atoms with Crippen LogP contribution in [0, 0.1) is 0 Å². The maximum atomic E-state index is 11.2. The molecular formula is C15H31KO4S. The van der Waals surface area contributed by atoms with Crippen LogP contribution in [0.5, 0.6) is 0 Å².